The van der Waals surface area contributed by atoms with Crippen LogP contribution in [0.25, 0.3) is 33.3 Å². The van der Waals surface area contributed by atoms with Crippen LogP contribution < -0.4 is 14.0 Å². The van der Waals surface area contributed by atoms with Crippen molar-refractivity contribution < 1.29 is 27.2 Å². The van der Waals surface area contributed by atoms with E-state index in [9.17, 15) is 0 Å². The van der Waals surface area contributed by atoms with Gasteiger partial charge in [-0.25, -0.2) is 15.0 Å². The fourth-order valence-electron chi connectivity index (χ4n) is 3.69. The van der Waals surface area contributed by atoms with Crippen LogP contribution in [0.4, 0.5) is 0 Å². The molecule has 0 amide bonds. The van der Waals surface area contributed by atoms with Crippen molar-refractivity contribution in [1.82, 2.24) is 15.0 Å². The highest BCUT2D eigenvalue weighted by molar-refractivity contribution is 6.39. The van der Waals surface area contributed by atoms with Crippen LogP contribution in [0.15, 0.2) is 67.8 Å². The molecule has 0 aliphatic carbocycles. The Morgan fingerprint density at radius 3 is 1.18 bits per heavy atom. The minimum atomic E-state index is -1.12. The smallest absolute Gasteiger partial charge is 0.489 e. The van der Waals surface area contributed by atoms with E-state index in [0.717, 1.165) is 0 Å². The normalized spacial score (nSPS) is 11.4. The molecule has 34 heavy (non-hydrogen) atoms. The van der Waals surface area contributed by atoms with Gasteiger partial charge in [0.25, 0.3) is 0 Å². The zero-order valence-electron chi connectivity index (χ0n) is 18.6. The average molecular weight is 455 g/mol. The van der Waals surface area contributed by atoms with Gasteiger partial charge in [-0.1, -0.05) is 0 Å². The third-order valence-corrected chi connectivity index (χ3v) is 5.09. The summed E-state index contributed by atoms with van der Waals surface area (Å²) in [6.07, 6.45) is 0. The highest BCUT2D eigenvalue weighted by Gasteiger charge is 2.31. The Morgan fingerprint density at radius 2 is 0.853 bits per heavy atom. The van der Waals surface area contributed by atoms with E-state index in [2.05, 4.69) is 15.0 Å². The van der Waals surface area contributed by atoms with Gasteiger partial charge in [0, 0.05) is 39.0 Å². The standard InChI is InChI=1S/C24H18BN3O6/c1-13-26-19-10-16(4-7-22(19)29-13)32-25(33-17-5-8-23-20(11-17)27-14(2)30-23)34-18-6-9-24-21(12-18)28-15(3)31-24/h4-12H,1-3H3. The van der Waals surface area contributed by atoms with Crippen molar-refractivity contribution in [2.24, 2.45) is 0 Å². The van der Waals surface area contributed by atoms with Crippen molar-refractivity contribution in [2.45, 2.75) is 20.8 Å². The Labute approximate surface area is 193 Å². The lowest BCUT2D eigenvalue weighted by Crippen LogP contribution is -2.37. The zero-order chi connectivity index (χ0) is 23.2. The molecule has 0 radical (unpaired) electrons. The van der Waals surface area contributed by atoms with Crippen molar-refractivity contribution in [3.63, 3.8) is 0 Å². The van der Waals surface area contributed by atoms with Crippen molar-refractivity contribution in [3.05, 3.63) is 72.3 Å². The number of hydrogen-bond donors (Lipinski definition) is 0. The van der Waals surface area contributed by atoms with E-state index in [1.54, 1.807) is 75.4 Å². The van der Waals surface area contributed by atoms with Crippen LogP contribution in [0.3, 0.4) is 0 Å². The van der Waals surface area contributed by atoms with Crippen molar-refractivity contribution >= 4 is 40.6 Å². The van der Waals surface area contributed by atoms with Gasteiger partial charge in [-0.15, -0.1) is 0 Å². The van der Waals surface area contributed by atoms with Gasteiger partial charge in [-0.05, 0) is 36.4 Å². The first-order chi connectivity index (χ1) is 16.5. The molecule has 3 heterocycles. The Morgan fingerprint density at radius 1 is 0.529 bits per heavy atom. The largest absolute Gasteiger partial charge is 0.864 e. The second kappa shape index (κ2) is 7.84. The van der Waals surface area contributed by atoms with Gasteiger partial charge in [-0.2, -0.15) is 0 Å². The summed E-state index contributed by atoms with van der Waals surface area (Å²) in [5.74, 6) is 3.23. The highest BCUT2D eigenvalue weighted by atomic mass is 16.7. The third-order valence-electron chi connectivity index (χ3n) is 5.09. The van der Waals surface area contributed by atoms with E-state index in [-0.39, 0.29) is 0 Å². The monoisotopic (exact) mass is 455 g/mol. The lowest BCUT2D eigenvalue weighted by molar-refractivity contribution is 0.307. The number of fused-ring (bicyclic) bond motifs is 3. The lowest BCUT2D eigenvalue weighted by atomic mass is 10.1. The second-order valence-electron chi connectivity index (χ2n) is 7.73. The van der Waals surface area contributed by atoms with Crippen LogP contribution in [-0.4, -0.2) is 22.3 Å². The van der Waals surface area contributed by atoms with Crippen LogP contribution in [0, 0.1) is 20.8 Å². The summed E-state index contributed by atoms with van der Waals surface area (Å²) in [5.41, 5.74) is 4.03. The minimum absolute atomic E-state index is 0.502. The van der Waals surface area contributed by atoms with Crippen LogP contribution >= 0.6 is 0 Å². The van der Waals surface area contributed by atoms with Gasteiger partial charge in [0.1, 0.15) is 33.8 Å². The van der Waals surface area contributed by atoms with Crippen LogP contribution in [0.5, 0.6) is 17.2 Å². The fourth-order valence-corrected chi connectivity index (χ4v) is 3.69. The molecule has 0 saturated carbocycles. The van der Waals surface area contributed by atoms with E-state index in [0.29, 0.717) is 68.2 Å². The first kappa shape index (κ1) is 20.2. The van der Waals surface area contributed by atoms with Crippen LogP contribution in [-0.2, 0) is 0 Å². The molecule has 0 fully saturated rings. The maximum absolute atomic E-state index is 6.06. The topological polar surface area (TPSA) is 106 Å². The number of aryl methyl sites for hydroxylation is 3. The predicted molar refractivity (Wildman–Crippen MR) is 124 cm³/mol. The molecule has 0 N–H and O–H groups in total. The van der Waals surface area contributed by atoms with Crippen molar-refractivity contribution in [1.29, 1.82) is 0 Å². The fraction of sp³-hybridized carbons (Fsp3) is 0.125. The van der Waals surface area contributed by atoms with E-state index >= 15 is 0 Å². The number of benzene rings is 3. The summed E-state index contributed by atoms with van der Waals surface area (Å²) in [5, 5.41) is 0. The molecular weight excluding hydrogens is 437 g/mol. The maximum atomic E-state index is 6.06. The summed E-state index contributed by atoms with van der Waals surface area (Å²) < 4.78 is 34.8. The van der Waals surface area contributed by atoms with Crippen molar-refractivity contribution in [2.75, 3.05) is 0 Å². The molecule has 0 unspecified atom stereocenters. The number of aromatic nitrogens is 3. The van der Waals surface area contributed by atoms with E-state index < -0.39 is 7.32 Å². The first-order valence-corrected chi connectivity index (χ1v) is 10.6. The lowest BCUT2D eigenvalue weighted by Gasteiger charge is -2.16. The minimum Gasteiger partial charge on any atom is -0.489 e. The van der Waals surface area contributed by atoms with Crippen LogP contribution in [0.2, 0.25) is 0 Å². The molecule has 0 bridgehead atoms. The molecule has 0 aliphatic heterocycles. The van der Waals surface area contributed by atoms with E-state index in [4.69, 9.17) is 27.2 Å². The quantitative estimate of drug-likeness (QED) is 0.299. The van der Waals surface area contributed by atoms with Gasteiger partial charge < -0.3 is 27.2 Å². The summed E-state index contributed by atoms with van der Waals surface area (Å²) in [6, 6.07) is 15.9. The molecule has 6 aromatic rings. The zero-order valence-corrected chi connectivity index (χ0v) is 18.6. The molecule has 168 valence electrons. The van der Waals surface area contributed by atoms with Crippen LogP contribution in [0.1, 0.15) is 17.7 Å². The molecule has 6 rings (SSSR count). The Hall–Kier alpha value is -4.47. The molecule has 3 aromatic heterocycles. The Bertz CT molecular complexity index is 1460. The van der Waals surface area contributed by atoms with Gasteiger partial charge in [0.15, 0.2) is 34.4 Å². The van der Waals surface area contributed by atoms with E-state index in [1.807, 2.05) is 0 Å². The van der Waals surface area contributed by atoms with Gasteiger partial charge in [0.2, 0.25) is 0 Å². The summed E-state index contributed by atoms with van der Waals surface area (Å²) in [6.45, 7) is 5.37. The Balaban J connectivity index is 1.32. The van der Waals surface area contributed by atoms with Gasteiger partial charge in [-0.3, -0.25) is 0 Å². The van der Waals surface area contributed by atoms with Gasteiger partial charge in [0.05, 0.1) is 0 Å². The number of rotatable bonds is 6. The molecule has 0 atom stereocenters. The molecule has 3 aromatic carbocycles. The third kappa shape index (κ3) is 3.90. The predicted octanol–water partition coefficient (Wildman–Crippen LogP) is 5.56. The van der Waals surface area contributed by atoms with Gasteiger partial charge >= 0.3 is 7.32 Å². The number of hydrogen-bond acceptors (Lipinski definition) is 9. The summed E-state index contributed by atoms with van der Waals surface area (Å²) in [7, 11) is -1.12. The molecule has 0 aliphatic rings. The summed E-state index contributed by atoms with van der Waals surface area (Å²) in [4.78, 5) is 13.1. The number of oxazole rings is 3. The average Bonchev–Trinajstić information content (AvgIpc) is 3.46. The summed E-state index contributed by atoms with van der Waals surface area (Å²) >= 11 is 0. The Kier molecular flexibility index (Phi) is 4.65. The first-order valence-electron chi connectivity index (χ1n) is 10.6. The maximum Gasteiger partial charge on any atom is 0.864 e. The molecule has 9 nitrogen and oxygen atoms in total. The van der Waals surface area contributed by atoms with Crippen molar-refractivity contribution in [3.8, 4) is 17.2 Å². The molecular formula is C24H18BN3O6. The SMILES string of the molecule is Cc1nc2cc(OB(Oc3ccc4oc(C)nc4c3)Oc3ccc4oc(C)nc4c3)ccc2o1. The second-order valence-corrected chi connectivity index (χ2v) is 7.73. The van der Waals surface area contributed by atoms with E-state index in [1.165, 1.54) is 0 Å². The molecule has 10 heteroatoms. The molecule has 0 saturated heterocycles. The highest BCUT2D eigenvalue weighted by Crippen LogP contribution is 2.27. The molecule has 0 spiro atoms. The number of nitrogens with zero attached hydrogens (tertiary/aromatic N) is 3.